The number of hydrogen-bond acceptors (Lipinski definition) is 3. The van der Waals surface area contributed by atoms with Gasteiger partial charge in [-0.15, -0.1) is 0 Å². The van der Waals surface area contributed by atoms with E-state index in [9.17, 15) is 4.79 Å². The molecule has 0 radical (unpaired) electrons. The Morgan fingerprint density at radius 2 is 1.71 bits per heavy atom. The number of aromatic nitrogens is 1. The third-order valence-electron chi connectivity index (χ3n) is 2.96. The third kappa shape index (κ3) is 3.79. The van der Waals surface area contributed by atoms with Gasteiger partial charge in [0.15, 0.2) is 0 Å². The molecule has 1 heterocycles. The van der Waals surface area contributed by atoms with Crippen molar-refractivity contribution in [3.05, 3.63) is 71.9 Å². The van der Waals surface area contributed by atoms with Crippen molar-refractivity contribution in [3.63, 3.8) is 0 Å². The first-order valence-corrected chi connectivity index (χ1v) is 6.47. The van der Waals surface area contributed by atoms with Gasteiger partial charge in [0.2, 0.25) is 0 Å². The molecule has 0 saturated carbocycles. The summed E-state index contributed by atoms with van der Waals surface area (Å²) in [6.45, 7) is 1.92. The number of para-hydroxylation sites is 1. The standard InChI is InChI=1S/C9H8N2.C8H8O2/c10-8-5-1-3-7-4-2-6-11-9(7)8;1-6-2-4-7(5-3-6)8(9)10/h1-6H,10H2;2-5H,1H3,(H,9,10). The first-order chi connectivity index (χ1) is 10.1. The van der Waals surface area contributed by atoms with Crippen molar-refractivity contribution in [2.45, 2.75) is 6.92 Å². The predicted octanol–water partition coefficient (Wildman–Crippen LogP) is 3.51. The average Bonchev–Trinajstić information content (AvgIpc) is 2.49. The molecule has 0 saturated heterocycles. The molecule has 3 aromatic rings. The Hall–Kier alpha value is -2.88. The van der Waals surface area contributed by atoms with Crippen LogP contribution in [0.15, 0.2) is 60.8 Å². The van der Waals surface area contributed by atoms with E-state index in [1.54, 1.807) is 30.5 Å². The van der Waals surface area contributed by atoms with E-state index in [2.05, 4.69) is 4.98 Å². The number of pyridine rings is 1. The number of aryl methyl sites for hydroxylation is 1. The molecule has 0 atom stereocenters. The number of benzene rings is 2. The van der Waals surface area contributed by atoms with Crippen LogP contribution in [-0.4, -0.2) is 16.1 Å². The van der Waals surface area contributed by atoms with Gasteiger partial charge in [0.25, 0.3) is 0 Å². The zero-order valence-electron chi connectivity index (χ0n) is 11.7. The van der Waals surface area contributed by atoms with Gasteiger partial charge < -0.3 is 10.8 Å². The fourth-order valence-corrected chi connectivity index (χ4v) is 1.82. The van der Waals surface area contributed by atoms with Gasteiger partial charge >= 0.3 is 5.97 Å². The average molecular weight is 280 g/mol. The number of fused-ring (bicyclic) bond motifs is 1. The summed E-state index contributed by atoms with van der Waals surface area (Å²) in [6.07, 6.45) is 1.75. The molecule has 0 bridgehead atoms. The highest BCUT2D eigenvalue weighted by Gasteiger charge is 1.98. The number of nitrogens with zero attached hydrogens (tertiary/aromatic N) is 1. The van der Waals surface area contributed by atoms with Gasteiger partial charge in [-0.2, -0.15) is 0 Å². The van der Waals surface area contributed by atoms with Gasteiger partial charge in [-0.1, -0.05) is 35.9 Å². The van der Waals surface area contributed by atoms with Crippen molar-refractivity contribution < 1.29 is 9.90 Å². The third-order valence-corrected chi connectivity index (χ3v) is 2.96. The second-order valence-electron chi connectivity index (χ2n) is 4.59. The molecule has 21 heavy (non-hydrogen) atoms. The van der Waals surface area contributed by atoms with Crippen LogP contribution in [-0.2, 0) is 0 Å². The zero-order chi connectivity index (χ0) is 15.2. The fraction of sp³-hybridized carbons (Fsp3) is 0.0588. The first kappa shape index (κ1) is 14.5. The maximum Gasteiger partial charge on any atom is 0.335 e. The van der Waals surface area contributed by atoms with Crippen LogP contribution in [0.4, 0.5) is 5.69 Å². The van der Waals surface area contributed by atoms with Crippen LogP contribution >= 0.6 is 0 Å². The van der Waals surface area contributed by atoms with E-state index in [1.165, 1.54) is 0 Å². The zero-order valence-corrected chi connectivity index (χ0v) is 11.7. The Morgan fingerprint density at radius 3 is 2.33 bits per heavy atom. The summed E-state index contributed by atoms with van der Waals surface area (Å²) in [7, 11) is 0. The lowest BCUT2D eigenvalue weighted by molar-refractivity contribution is 0.0697. The highest BCUT2D eigenvalue weighted by atomic mass is 16.4. The molecule has 0 amide bonds. The van der Waals surface area contributed by atoms with Gasteiger partial charge in [-0.05, 0) is 31.2 Å². The van der Waals surface area contributed by atoms with Gasteiger partial charge in [0.1, 0.15) is 0 Å². The summed E-state index contributed by atoms with van der Waals surface area (Å²) >= 11 is 0. The molecule has 2 aromatic carbocycles. The molecular formula is C17H16N2O2. The van der Waals surface area contributed by atoms with Crippen molar-refractivity contribution in [2.24, 2.45) is 0 Å². The molecule has 0 spiro atoms. The van der Waals surface area contributed by atoms with E-state index >= 15 is 0 Å². The minimum absolute atomic E-state index is 0.339. The molecule has 0 fully saturated rings. The molecule has 106 valence electrons. The van der Waals surface area contributed by atoms with Gasteiger partial charge in [0, 0.05) is 11.6 Å². The number of anilines is 1. The number of carbonyl (C=O) groups is 1. The molecule has 1 aromatic heterocycles. The largest absolute Gasteiger partial charge is 0.478 e. The molecule has 3 N–H and O–H groups in total. The van der Waals surface area contributed by atoms with Crippen LogP contribution in [0.2, 0.25) is 0 Å². The van der Waals surface area contributed by atoms with Crippen LogP contribution in [0.1, 0.15) is 15.9 Å². The SMILES string of the molecule is Cc1ccc(C(=O)O)cc1.Nc1cccc2cccnc12. The molecule has 0 aliphatic carbocycles. The predicted molar refractivity (Wildman–Crippen MR) is 84.3 cm³/mol. The van der Waals surface area contributed by atoms with Gasteiger partial charge in [-0.3, -0.25) is 4.98 Å². The van der Waals surface area contributed by atoms with Crippen LogP contribution in [0.3, 0.4) is 0 Å². The van der Waals surface area contributed by atoms with Gasteiger partial charge in [0.05, 0.1) is 16.8 Å². The summed E-state index contributed by atoms with van der Waals surface area (Å²) in [5.74, 6) is -0.875. The maximum absolute atomic E-state index is 10.3. The van der Waals surface area contributed by atoms with E-state index in [4.69, 9.17) is 10.8 Å². The van der Waals surface area contributed by atoms with Crippen molar-refractivity contribution >= 4 is 22.6 Å². The van der Waals surface area contributed by atoms with Crippen LogP contribution in [0.25, 0.3) is 10.9 Å². The quantitative estimate of drug-likeness (QED) is 0.669. The highest BCUT2D eigenvalue weighted by Crippen LogP contribution is 2.16. The number of rotatable bonds is 1. The second-order valence-corrected chi connectivity index (χ2v) is 4.59. The minimum Gasteiger partial charge on any atom is -0.478 e. The lowest BCUT2D eigenvalue weighted by Gasteiger charge is -1.97. The lowest BCUT2D eigenvalue weighted by Crippen LogP contribution is -1.94. The molecular weight excluding hydrogens is 264 g/mol. The number of carboxylic acid groups (broad SMARTS) is 1. The Morgan fingerprint density at radius 1 is 1.05 bits per heavy atom. The van der Waals surface area contributed by atoms with E-state index in [0.29, 0.717) is 5.56 Å². The summed E-state index contributed by atoms with van der Waals surface area (Å²) < 4.78 is 0. The number of nitrogen functional groups attached to an aromatic ring is 1. The summed E-state index contributed by atoms with van der Waals surface area (Å²) in [5.41, 5.74) is 8.73. The van der Waals surface area contributed by atoms with Gasteiger partial charge in [-0.25, -0.2) is 4.79 Å². The van der Waals surface area contributed by atoms with E-state index in [1.807, 2.05) is 37.3 Å². The Balaban J connectivity index is 0.000000155. The normalized spacial score (nSPS) is 9.76. The highest BCUT2D eigenvalue weighted by molar-refractivity contribution is 5.88. The summed E-state index contributed by atoms with van der Waals surface area (Å²) in [6, 6.07) is 16.4. The Labute approximate surface area is 122 Å². The molecule has 3 rings (SSSR count). The molecule has 4 heteroatoms. The lowest BCUT2D eigenvalue weighted by atomic mass is 10.2. The fourth-order valence-electron chi connectivity index (χ4n) is 1.82. The molecule has 0 aliphatic heterocycles. The number of nitrogens with two attached hydrogens (primary N) is 1. The van der Waals surface area contributed by atoms with Crippen LogP contribution < -0.4 is 5.73 Å². The van der Waals surface area contributed by atoms with Crippen LogP contribution in [0, 0.1) is 6.92 Å². The second kappa shape index (κ2) is 6.52. The monoisotopic (exact) mass is 280 g/mol. The van der Waals surface area contributed by atoms with Crippen molar-refractivity contribution in [2.75, 3.05) is 5.73 Å². The first-order valence-electron chi connectivity index (χ1n) is 6.47. The number of carboxylic acids is 1. The van der Waals surface area contributed by atoms with E-state index < -0.39 is 5.97 Å². The Bertz CT molecular complexity index is 747. The van der Waals surface area contributed by atoms with E-state index in [-0.39, 0.29) is 0 Å². The molecule has 4 nitrogen and oxygen atoms in total. The van der Waals surface area contributed by atoms with Crippen molar-refractivity contribution in [1.29, 1.82) is 0 Å². The summed E-state index contributed by atoms with van der Waals surface area (Å²) in [5, 5.41) is 9.57. The smallest absolute Gasteiger partial charge is 0.335 e. The molecule has 0 aliphatic rings. The minimum atomic E-state index is -0.875. The molecule has 0 unspecified atom stereocenters. The van der Waals surface area contributed by atoms with Crippen molar-refractivity contribution in [3.8, 4) is 0 Å². The topological polar surface area (TPSA) is 76.2 Å². The number of aromatic carboxylic acids is 1. The summed E-state index contributed by atoms with van der Waals surface area (Å²) in [4.78, 5) is 14.5. The Kier molecular flexibility index (Phi) is 4.51. The van der Waals surface area contributed by atoms with Crippen LogP contribution in [0.5, 0.6) is 0 Å². The number of hydrogen-bond donors (Lipinski definition) is 2. The maximum atomic E-state index is 10.3. The van der Waals surface area contributed by atoms with Crippen molar-refractivity contribution in [1.82, 2.24) is 4.98 Å². The van der Waals surface area contributed by atoms with E-state index in [0.717, 1.165) is 22.2 Å².